The Bertz CT molecular complexity index is 567. The molecule has 146 valence electrons. The highest BCUT2D eigenvalue weighted by atomic mass is 16.5. The third kappa shape index (κ3) is 6.48. The van der Waals surface area contributed by atoms with E-state index in [-0.39, 0.29) is 5.54 Å². The van der Waals surface area contributed by atoms with E-state index in [1.165, 1.54) is 32.4 Å². The lowest BCUT2D eigenvalue weighted by Crippen LogP contribution is -2.54. The Labute approximate surface area is 158 Å². The molecule has 0 bridgehead atoms. The summed E-state index contributed by atoms with van der Waals surface area (Å²) in [6.45, 7) is 14.0. The molecular weight excluding hydrogens is 326 g/mol. The monoisotopic (exact) mass is 361 g/mol. The van der Waals surface area contributed by atoms with E-state index in [1.54, 1.807) is 6.20 Å². The number of nitrogens with zero attached hydrogens (tertiary/aromatic N) is 3. The summed E-state index contributed by atoms with van der Waals surface area (Å²) < 4.78 is 5.46. The van der Waals surface area contributed by atoms with Crippen LogP contribution in [0.1, 0.15) is 52.5 Å². The fraction of sp³-hybridized carbons (Fsp3) is 0.700. The van der Waals surface area contributed by atoms with Crippen LogP contribution >= 0.6 is 0 Å². The Morgan fingerprint density at radius 2 is 2.00 bits per heavy atom. The zero-order chi connectivity index (χ0) is 18.8. The molecule has 0 saturated carbocycles. The van der Waals surface area contributed by atoms with Gasteiger partial charge < -0.3 is 15.4 Å². The SMILES string of the molecule is CCNC(=NCc1ccnc(OCC)c1)NCC(C)(C)N1CCCCC1. The standard InChI is InChI=1S/C20H35N5O/c1-5-21-19(23-15-17-10-11-22-18(14-17)26-6-2)24-16-20(3,4)25-12-8-7-9-13-25/h10-11,14H,5-9,12-13,15-16H2,1-4H3,(H2,21,23,24). The predicted molar refractivity (Wildman–Crippen MR) is 108 cm³/mol. The highest BCUT2D eigenvalue weighted by Gasteiger charge is 2.27. The molecule has 0 radical (unpaired) electrons. The van der Waals surface area contributed by atoms with Crippen LogP contribution in [0.5, 0.6) is 5.88 Å². The molecule has 2 rings (SSSR count). The minimum atomic E-state index is 0.120. The number of likely N-dealkylation sites (tertiary alicyclic amines) is 1. The fourth-order valence-corrected chi connectivity index (χ4v) is 3.20. The van der Waals surface area contributed by atoms with Gasteiger partial charge in [0.2, 0.25) is 5.88 Å². The fourth-order valence-electron chi connectivity index (χ4n) is 3.20. The van der Waals surface area contributed by atoms with Gasteiger partial charge in [-0.25, -0.2) is 9.98 Å². The van der Waals surface area contributed by atoms with Crippen LogP contribution in [0.4, 0.5) is 0 Å². The van der Waals surface area contributed by atoms with E-state index in [1.807, 2.05) is 19.1 Å². The molecule has 1 fully saturated rings. The maximum absolute atomic E-state index is 5.46. The van der Waals surface area contributed by atoms with Crippen molar-refractivity contribution in [2.24, 2.45) is 4.99 Å². The van der Waals surface area contributed by atoms with E-state index >= 15 is 0 Å². The highest BCUT2D eigenvalue weighted by Crippen LogP contribution is 2.19. The summed E-state index contributed by atoms with van der Waals surface area (Å²) >= 11 is 0. The zero-order valence-electron chi connectivity index (χ0n) is 16.8. The molecule has 2 heterocycles. The van der Waals surface area contributed by atoms with Crippen LogP contribution in [0.25, 0.3) is 0 Å². The van der Waals surface area contributed by atoms with Crippen molar-refractivity contribution in [3.05, 3.63) is 23.9 Å². The molecule has 6 nitrogen and oxygen atoms in total. The lowest BCUT2D eigenvalue weighted by atomic mass is 9.98. The molecule has 1 aromatic heterocycles. The van der Waals surface area contributed by atoms with Crippen molar-refractivity contribution >= 4 is 5.96 Å². The van der Waals surface area contributed by atoms with Gasteiger partial charge in [0.05, 0.1) is 13.2 Å². The number of rotatable bonds is 8. The molecular formula is C20H35N5O. The van der Waals surface area contributed by atoms with E-state index in [2.05, 4.69) is 41.3 Å². The van der Waals surface area contributed by atoms with Crippen LogP contribution in [0, 0.1) is 0 Å². The van der Waals surface area contributed by atoms with Crippen molar-refractivity contribution in [3.8, 4) is 5.88 Å². The lowest BCUT2D eigenvalue weighted by Gasteiger charge is -2.41. The summed E-state index contributed by atoms with van der Waals surface area (Å²) in [6.07, 6.45) is 5.75. The molecule has 1 saturated heterocycles. The summed E-state index contributed by atoms with van der Waals surface area (Å²) in [5, 5.41) is 6.86. The number of hydrogen-bond acceptors (Lipinski definition) is 4. The molecule has 0 amide bonds. The van der Waals surface area contributed by atoms with E-state index in [4.69, 9.17) is 9.73 Å². The largest absolute Gasteiger partial charge is 0.478 e. The summed E-state index contributed by atoms with van der Waals surface area (Å²) in [5.74, 6) is 1.51. The van der Waals surface area contributed by atoms with E-state index < -0.39 is 0 Å². The van der Waals surface area contributed by atoms with Gasteiger partial charge in [0, 0.05) is 30.9 Å². The molecule has 0 aromatic carbocycles. The van der Waals surface area contributed by atoms with Gasteiger partial charge in [0.25, 0.3) is 0 Å². The van der Waals surface area contributed by atoms with Crippen molar-refractivity contribution in [1.82, 2.24) is 20.5 Å². The quantitative estimate of drug-likeness (QED) is 0.551. The Morgan fingerprint density at radius 1 is 1.23 bits per heavy atom. The second-order valence-corrected chi connectivity index (χ2v) is 7.34. The Hall–Kier alpha value is -1.82. The van der Waals surface area contributed by atoms with Gasteiger partial charge in [-0.2, -0.15) is 0 Å². The topological polar surface area (TPSA) is 61.8 Å². The number of guanidine groups is 1. The minimum absolute atomic E-state index is 0.120. The minimum Gasteiger partial charge on any atom is -0.478 e. The van der Waals surface area contributed by atoms with Crippen molar-refractivity contribution in [2.45, 2.75) is 59.0 Å². The number of aromatic nitrogens is 1. The molecule has 1 aliphatic rings. The van der Waals surface area contributed by atoms with Crippen molar-refractivity contribution in [3.63, 3.8) is 0 Å². The molecule has 26 heavy (non-hydrogen) atoms. The summed E-state index contributed by atoms with van der Waals surface area (Å²) in [4.78, 5) is 11.5. The van der Waals surface area contributed by atoms with Crippen LogP contribution in [-0.4, -0.2) is 54.2 Å². The molecule has 0 unspecified atom stereocenters. The van der Waals surface area contributed by atoms with Gasteiger partial charge in [-0.1, -0.05) is 6.42 Å². The van der Waals surface area contributed by atoms with Gasteiger partial charge in [-0.15, -0.1) is 0 Å². The summed E-state index contributed by atoms with van der Waals surface area (Å²) in [6, 6.07) is 3.93. The number of nitrogens with one attached hydrogen (secondary N) is 2. The first kappa shape index (κ1) is 20.5. The van der Waals surface area contributed by atoms with Crippen LogP contribution in [0.3, 0.4) is 0 Å². The van der Waals surface area contributed by atoms with Crippen LogP contribution in [-0.2, 0) is 6.54 Å². The number of aliphatic imine (C=N–C) groups is 1. The molecule has 0 spiro atoms. The van der Waals surface area contributed by atoms with Gasteiger partial charge >= 0.3 is 0 Å². The lowest BCUT2D eigenvalue weighted by molar-refractivity contribution is 0.0982. The molecule has 1 aliphatic heterocycles. The average molecular weight is 362 g/mol. The zero-order valence-corrected chi connectivity index (χ0v) is 16.8. The van der Waals surface area contributed by atoms with E-state index in [9.17, 15) is 0 Å². The van der Waals surface area contributed by atoms with Gasteiger partial charge in [0.1, 0.15) is 0 Å². The first-order valence-corrected chi connectivity index (χ1v) is 9.90. The molecule has 0 atom stereocenters. The first-order valence-electron chi connectivity index (χ1n) is 9.90. The maximum Gasteiger partial charge on any atom is 0.213 e. The third-order valence-electron chi connectivity index (χ3n) is 4.76. The van der Waals surface area contributed by atoms with Crippen LogP contribution in [0.2, 0.25) is 0 Å². The van der Waals surface area contributed by atoms with Gasteiger partial charge in [-0.05, 0) is 65.3 Å². The molecule has 2 N–H and O–H groups in total. The number of ether oxygens (including phenoxy) is 1. The van der Waals surface area contributed by atoms with Crippen molar-refractivity contribution in [1.29, 1.82) is 0 Å². The smallest absolute Gasteiger partial charge is 0.213 e. The molecule has 0 aliphatic carbocycles. The second kappa shape index (κ2) is 10.4. The maximum atomic E-state index is 5.46. The number of pyridine rings is 1. The normalized spacial score (nSPS) is 16.4. The first-order chi connectivity index (χ1) is 12.5. The van der Waals surface area contributed by atoms with E-state index in [0.29, 0.717) is 19.0 Å². The summed E-state index contributed by atoms with van der Waals surface area (Å²) in [7, 11) is 0. The molecule has 1 aromatic rings. The highest BCUT2D eigenvalue weighted by molar-refractivity contribution is 5.79. The van der Waals surface area contributed by atoms with Crippen LogP contribution in [0.15, 0.2) is 23.3 Å². The van der Waals surface area contributed by atoms with Crippen molar-refractivity contribution in [2.75, 3.05) is 32.8 Å². The van der Waals surface area contributed by atoms with Gasteiger partial charge in [0.15, 0.2) is 5.96 Å². The van der Waals surface area contributed by atoms with Gasteiger partial charge in [-0.3, -0.25) is 4.90 Å². The third-order valence-corrected chi connectivity index (χ3v) is 4.76. The van der Waals surface area contributed by atoms with E-state index in [0.717, 1.165) is 24.6 Å². The summed E-state index contributed by atoms with van der Waals surface area (Å²) in [5.41, 5.74) is 1.21. The van der Waals surface area contributed by atoms with Crippen molar-refractivity contribution < 1.29 is 4.74 Å². The van der Waals surface area contributed by atoms with Crippen LogP contribution < -0.4 is 15.4 Å². The number of piperidine rings is 1. The Morgan fingerprint density at radius 3 is 2.69 bits per heavy atom. The Kier molecular flexibility index (Phi) is 8.16. The Balaban J connectivity index is 1.94. The molecule has 6 heteroatoms. The average Bonchev–Trinajstić information content (AvgIpc) is 2.65. The predicted octanol–water partition coefficient (Wildman–Crippen LogP) is 2.80. The number of hydrogen-bond donors (Lipinski definition) is 2. The second-order valence-electron chi connectivity index (χ2n) is 7.34.